The third-order valence-corrected chi connectivity index (χ3v) is 3.97. The summed E-state index contributed by atoms with van der Waals surface area (Å²) in [7, 11) is 0. The van der Waals surface area contributed by atoms with Crippen molar-refractivity contribution in [1.82, 2.24) is 10.2 Å². The van der Waals surface area contributed by atoms with Gasteiger partial charge in [-0.1, -0.05) is 0 Å². The summed E-state index contributed by atoms with van der Waals surface area (Å²) in [5.41, 5.74) is 0.996. The predicted octanol–water partition coefficient (Wildman–Crippen LogP) is 1.79. The second-order valence-corrected chi connectivity index (χ2v) is 5.40. The van der Waals surface area contributed by atoms with Gasteiger partial charge in [-0.3, -0.25) is 0 Å². The van der Waals surface area contributed by atoms with Gasteiger partial charge in [-0.05, 0) is 37.1 Å². The van der Waals surface area contributed by atoms with Gasteiger partial charge in [0.15, 0.2) is 0 Å². The van der Waals surface area contributed by atoms with E-state index >= 15 is 0 Å². The van der Waals surface area contributed by atoms with Crippen molar-refractivity contribution >= 4 is 11.7 Å². The molecule has 6 heteroatoms. The lowest BCUT2D eigenvalue weighted by molar-refractivity contribution is 0.0831. The van der Waals surface area contributed by atoms with Crippen LogP contribution in [0, 0.1) is 5.82 Å². The van der Waals surface area contributed by atoms with Crippen molar-refractivity contribution in [2.75, 3.05) is 37.7 Å². The van der Waals surface area contributed by atoms with Crippen molar-refractivity contribution in [3.63, 3.8) is 0 Å². The van der Waals surface area contributed by atoms with E-state index in [9.17, 15) is 9.18 Å². The van der Waals surface area contributed by atoms with Crippen molar-refractivity contribution in [2.45, 2.75) is 19.1 Å². The van der Waals surface area contributed by atoms with Crippen LogP contribution < -0.4 is 10.2 Å². The van der Waals surface area contributed by atoms with E-state index in [4.69, 9.17) is 4.74 Å². The molecule has 0 aliphatic carbocycles. The highest BCUT2D eigenvalue weighted by atomic mass is 19.1. The van der Waals surface area contributed by atoms with Gasteiger partial charge in [-0.15, -0.1) is 0 Å². The van der Waals surface area contributed by atoms with Crippen LogP contribution >= 0.6 is 0 Å². The monoisotopic (exact) mass is 293 g/mol. The van der Waals surface area contributed by atoms with Crippen LogP contribution in [0.4, 0.5) is 14.9 Å². The van der Waals surface area contributed by atoms with Crippen molar-refractivity contribution in [2.24, 2.45) is 0 Å². The van der Waals surface area contributed by atoms with Crippen LogP contribution in [-0.4, -0.2) is 49.9 Å². The second-order valence-electron chi connectivity index (χ2n) is 5.40. The van der Waals surface area contributed by atoms with E-state index in [1.54, 1.807) is 12.1 Å². The Labute approximate surface area is 123 Å². The molecule has 1 atom stereocenters. The minimum absolute atomic E-state index is 0.0549. The largest absolute Gasteiger partial charge is 0.368 e. The Morgan fingerprint density at radius 3 is 2.52 bits per heavy atom. The van der Waals surface area contributed by atoms with E-state index in [0.29, 0.717) is 13.1 Å². The molecule has 5 nitrogen and oxygen atoms in total. The molecular weight excluding hydrogens is 273 g/mol. The average molecular weight is 293 g/mol. The summed E-state index contributed by atoms with van der Waals surface area (Å²) < 4.78 is 18.3. The Hall–Kier alpha value is -1.82. The van der Waals surface area contributed by atoms with Crippen LogP contribution in [0.2, 0.25) is 0 Å². The van der Waals surface area contributed by atoms with Crippen LogP contribution in [-0.2, 0) is 4.74 Å². The highest BCUT2D eigenvalue weighted by molar-refractivity contribution is 5.74. The molecule has 0 spiro atoms. The van der Waals surface area contributed by atoms with Crippen LogP contribution in [0.1, 0.15) is 12.8 Å². The van der Waals surface area contributed by atoms with E-state index in [1.165, 1.54) is 12.1 Å². The highest BCUT2D eigenvalue weighted by Gasteiger charge is 2.24. The van der Waals surface area contributed by atoms with Crippen LogP contribution in [0.25, 0.3) is 0 Å². The standard InChI is InChI=1S/C15H20FN3O2/c16-12-3-5-13(6-4-12)18-7-9-19(10-8-18)15(20)17-14-2-1-11-21-14/h3-6,14H,1-2,7-11H2,(H,17,20). The summed E-state index contributed by atoms with van der Waals surface area (Å²) in [5.74, 6) is -0.228. The number of piperazine rings is 1. The topological polar surface area (TPSA) is 44.8 Å². The summed E-state index contributed by atoms with van der Waals surface area (Å²) in [5, 5.41) is 2.91. The minimum Gasteiger partial charge on any atom is -0.368 e. The molecule has 2 saturated heterocycles. The van der Waals surface area contributed by atoms with Crippen molar-refractivity contribution < 1.29 is 13.9 Å². The first-order valence-electron chi connectivity index (χ1n) is 7.40. The summed E-state index contributed by atoms with van der Waals surface area (Å²) in [6.07, 6.45) is 1.76. The van der Waals surface area contributed by atoms with E-state index in [1.807, 2.05) is 4.90 Å². The first-order chi connectivity index (χ1) is 10.2. The van der Waals surface area contributed by atoms with Gasteiger partial charge in [0.25, 0.3) is 0 Å². The number of carbonyl (C=O) groups excluding carboxylic acids is 1. The zero-order valence-corrected chi connectivity index (χ0v) is 11.9. The maximum Gasteiger partial charge on any atom is 0.319 e. The lowest BCUT2D eigenvalue weighted by Crippen LogP contribution is -2.53. The van der Waals surface area contributed by atoms with E-state index in [-0.39, 0.29) is 18.1 Å². The number of anilines is 1. The number of hydrogen-bond acceptors (Lipinski definition) is 3. The summed E-state index contributed by atoms with van der Waals surface area (Å²) in [6, 6.07) is 6.42. The quantitative estimate of drug-likeness (QED) is 0.904. The number of hydrogen-bond donors (Lipinski definition) is 1. The van der Waals surface area contributed by atoms with Gasteiger partial charge in [0, 0.05) is 38.5 Å². The predicted molar refractivity (Wildman–Crippen MR) is 77.7 cm³/mol. The number of nitrogens with one attached hydrogen (secondary N) is 1. The van der Waals surface area contributed by atoms with Gasteiger partial charge in [0.2, 0.25) is 0 Å². The molecule has 2 fully saturated rings. The van der Waals surface area contributed by atoms with Gasteiger partial charge < -0.3 is 19.9 Å². The molecule has 1 N–H and O–H groups in total. The summed E-state index contributed by atoms with van der Waals surface area (Å²) >= 11 is 0. The number of benzene rings is 1. The lowest BCUT2D eigenvalue weighted by Gasteiger charge is -2.36. The summed E-state index contributed by atoms with van der Waals surface area (Å²) in [6.45, 7) is 3.56. The lowest BCUT2D eigenvalue weighted by atomic mass is 10.2. The summed E-state index contributed by atoms with van der Waals surface area (Å²) in [4.78, 5) is 16.1. The van der Waals surface area contributed by atoms with Gasteiger partial charge >= 0.3 is 6.03 Å². The molecule has 1 unspecified atom stereocenters. The molecule has 3 rings (SSSR count). The van der Waals surface area contributed by atoms with Crippen LogP contribution in [0.15, 0.2) is 24.3 Å². The number of carbonyl (C=O) groups is 1. The number of rotatable bonds is 2. The molecule has 0 radical (unpaired) electrons. The Morgan fingerprint density at radius 2 is 1.90 bits per heavy atom. The number of urea groups is 1. The number of nitrogens with zero attached hydrogens (tertiary/aromatic N) is 2. The number of ether oxygens (including phenoxy) is 1. The molecule has 0 saturated carbocycles. The second kappa shape index (κ2) is 6.30. The zero-order chi connectivity index (χ0) is 14.7. The van der Waals surface area contributed by atoms with Crippen molar-refractivity contribution in [1.29, 1.82) is 0 Å². The maximum absolute atomic E-state index is 12.9. The normalized spacial score (nSPS) is 22.4. The molecule has 2 amide bonds. The van der Waals surface area contributed by atoms with Crippen molar-refractivity contribution in [3.8, 4) is 0 Å². The van der Waals surface area contributed by atoms with Crippen LogP contribution in [0.3, 0.4) is 0 Å². The van der Waals surface area contributed by atoms with Gasteiger partial charge in [-0.2, -0.15) is 0 Å². The van der Waals surface area contributed by atoms with E-state index in [0.717, 1.165) is 38.2 Å². The Bertz CT molecular complexity index is 480. The van der Waals surface area contributed by atoms with Crippen molar-refractivity contribution in [3.05, 3.63) is 30.1 Å². The molecule has 1 aromatic rings. The first-order valence-corrected chi connectivity index (χ1v) is 7.40. The maximum atomic E-state index is 12.9. The third kappa shape index (κ3) is 3.44. The smallest absolute Gasteiger partial charge is 0.319 e. The third-order valence-electron chi connectivity index (χ3n) is 3.97. The fourth-order valence-electron chi connectivity index (χ4n) is 2.74. The zero-order valence-electron chi connectivity index (χ0n) is 11.9. The SMILES string of the molecule is O=C(NC1CCCO1)N1CCN(c2ccc(F)cc2)CC1. The average Bonchev–Trinajstić information content (AvgIpc) is 3.01. The van der Waals surface area contributed by atoms with Crippen LogP contribution in [0.5, 0.6) is 0 Å². The highest BCUT2D eigenvalue weighted by Crippen LogP contribution is 2.17. The fourth-order valence-corrected chi connectivity index (χ4v) is 2.74. The molecule has 0 bridgehead atoms. The molecule has 0 aromatic heterocycles. The molecule has 21 heavy (non-hydrogen) atoms. The van der Waals surface area contributed by atoms with Gasteiger partial charge in [0.1, 0.15) is 12.0 Å². The Kier molecular flexibility index (Phi) is 4.24. The fraction of sp³-hybridized carbons (Fsp3) is 0.533. The van der Waals surface area contributed by atoms with Gasteiger partial charge in [0.05, 0.1) is 0 Å². The molecule has 2 aliphatic heterocycles. The molecule has 1 aromatic carbocycles. The van der Waals surface area contributed by atoms with E-state index in [2.05, 4.69) is 10.2 Å². The molecule has 114 valence electrons. The van der Waals surface area contributed by atoms with Gasteiger partial charge in [-0.25, -0.2) is 9.18 Å². The molecule has 2 aliphatic rings. The van der Waals surface area contributed by atoms with E-state index < -0.39 is 0 Å². The minimum atomic E-state index is -0.228. The number of halogens is 1. The number of amides is 2. The molecular formula is C15H20FN3O2. The Balaban J connectivity index is 1.50. The molecule has 2 heterocycles. The Morgan fingerprint density at radius 1 is 1.19 bits per heavy atom. The first kappa shape index (κ1) is 14.1.